The predicted molar refractivity (Wildman–Crippen MR) is 93.3 cm³/mol. The lowest BCUT2D eigenvalue weighted by molar-refractivity contribution is 0.0600. The topological polar surface area (TPSA) is 89.7 Å². The van der Waals surface area contributed by atoms with Crippen molar-refractivity contribution in [2.75, 3.05) is 20.2 Å². The van der Waals surface area contributed by atoms with Crippen LogP contribution in [-0.4, -0.2) is 44.9 Å². The van der Waals surface area contributed by atoms with E-state index in [1.807, 2.05) is 0 Å². The van der Waals surface area contributed by atoms with Crippen LogP contribution in [0.25, 0.3) is 0 Å². The molecular formula is C14H20BrClN2O4S. The van der Waals surface area contributed by atoms with Crippen molar-refractivity contribution in [2.45, 2.75) is 30.2 Å². The van der Waals surface area contributed by atoms with Gasteiger partial charge in [-0.15, -0.1) is 12.4 Å². The molecule has 6 nitrogen and oxygen atoms in total. The average Bonchev–Trinajstić information content (AvgIpc) is 2.53. The molecule has 1 atom stereocenters. The number of hydrogen-bond donors (Lipinski definition) is 1. The number of benzene rings is 1. The number of halogens is 2. The Hall–Kier alpha value is -0.670. The number of methoxy groups -OCH3 is 1. The van der Waals surface area contributed by atoms with Gasteiger partial charge in [0.05, 0.1) is 17.6 Å². The third kappa shape index (κ3) is 4.24. The molecule has 1 unspecified atom stereocenters. The van der Waals surface area contributed by atoms with Crippen molar-refractivity contribution in [1.29, 1.82) is 0 Å². The number of ether oxygens (including phenoxy) is 1. The van der Waals surface area contributed by atoms with E-state index in [0.717, 1.165) is 19.3 Å². The number of piperidine rings is 1. The number of esters is 1. The monoisotopic (exact) mass is 426 g/mol. The summed E-state index contributed by atoms with van der Waals surface area (Å²) in [6, 6.07) is 4.16. The smallest absolute Gasteiger partial charge is 0.337 e. The van der Waals surface area contributed by atoms with Crippen LogP contribution >= 0.6 is 28.3 Å². The normalized spacial score (nSPS) is 19.0. The van der Waals surface area contributed by atoms with E-state index >= 15 is 0 Å². The molecule has 0 aromatic heterocycles. The summed E-state index contributed by atoms with van der Waals surface area (Å²) in [6.07, 6.45) is 2.58. The van der Waals surface area contributed by atoms with Crippen molar-refractivity contribution < 1.29 is 17.9 Å². The summed E-state index contributed by atoms with van der Waals surface area (Å²) in [5, 5.41) is 0. The fourth-order valence-corrected chi connectivity index (χ4v) is 5.35. The van der Waals surface area contributed by atoms with Crippen LogP contribution in [0.5, 0.6) is 0 Å². The minimum atomic E-state index is -3.65. The first kappa shape index (κ1) is 20.4. The SMILES string of the molecule is COC(=O)c1ccc(S(=O)(=O)N2CCCCC2CN)c(Br)c1.Cl. The summed E-state index contributed by atoms with van der Waals surface area (Å²) in [5.41, 5.74) is 6.00. The van der Waals surface area contributed by atoms with E-state index in [1.54, 1.807) is 0 Å². The molecule has 0 amide bonds. The molecule has 9 heteroatoms. The zero-order valence-electron chi connectivity index (χ0n) is 12.7. The van der Waals surface area contributed by atoms with Crippen LogP contribution in [0, 0.1) is 0 Å². The van der Waals surface area contributed by atoms with E-state index in [1.165, 1.54) is 29.6 Å². The lowest BCUT2D eigenvalue weighted by Crippen LogP contribution is -2.47. The van der Waals surface area contributed by atoms with E-state index in [0.29, 0.717) is 23.1 Å². The average molecular weight is 428 g/mol. The summed E-state index contributed by atoms with van der Waals surface area (Å²) in [5.74, 6) is -0.512. The molecular weight excluding hydrogens is 408 g/mol. The van der Waals surface area contributed by atoms with E-state index in [2.05, 4.69) is 20.7 Å². The Morgan fingerprint density at radius 2 is 2.13 bits per heavy atom. The number of carbonyl (C=O) groups is 1. The third-order valence-electron chi connectivity index (χ3n) is 3.78. The van der Waals surface area contributed by atoms with E-state index < -0.39 is 16.0 Å². The van der Waals surface area contributed by atoms with Crippen molar-refractivity contribution in [3.63, 3.8) is 0 Å². The van der Waals surface area contributed by atoms with Crippen molar-refractivity contribution in [3.05, 3.63) is 28.2 Å². The molecule has 23 heavy (non-hydrogen) atoms. The van der Waals surface area contributed by atoms with Crippen LogP contribution in [-0.2, 0) is 14.8 Å². The van der Waals surface area contributed by atoms with Gasteiger partial charge in [-0.05, 0) is 47.0 Å². The third-order valence-corrected chi connectivity index (χ3v) is 6.71. The molecule has 1 aromatic carbocycles. The van der Waals surface area contributed by atoms with Crippen LogP contribution < -0.4 is 5.73 Å². The van der Waals surface area contributed by atoms with Crippen molar-refractivity contribution in [2.24, 2.45) is 5.73 Å². The highest BCUT2D eigenvalue weighted by atomic mass is 79.9. The van der Waals surface area contributed by atoms with Crippen LogP contribution in [0.1, 0.15) is 29.6 Å². The fourth-order valence-electron chi connectivity index (χ4n) is 2.61. The molecule has 1 fully saturated rings. The Morgan fingerprint density at radius 1 is 1.43 bits per heavy atom. The van der Waals surface area contributed by atoms with Gasteiger partial charge in [-0.25, -0.2) is 13.2 Å². The minimum Gasteiger partial charge on any atom is -0.465 e. The van der Waals surface area contributed by atoms with Gasteiger partial charge in [0, 0.05) is 23.6 Å². The molecule has 0 radical (unpaired) electrons. The Labute approximate surface area is 151 Å². The second-order valence-electron chi connectivity index (χ2n) is 5.14. The second-order valence-corrected chi connectivity index (χ2v) is 7.85. The van der Waals surface area contributed by atoms with Gasteiger partial charge < -0.3 is 10.5 Å². The molecule has 0 bridgehead atoms. The molecule has 1 heterocycles. The Bertz CT molecular complexity index is 669. The lowest BCUT2D eigenvalue weighted by atomic mass is 10.1. The van der Waals surface area contributed by atoms with E-state index in [4.69, 9.17) is 5.73 Å². The first-order chi connectivity index (χ1) is 10.4. The van der Waals surface area contributed by atoms with Gasteiger partial charge in [0.25, 0.3) is 0 Å². The molecule has 0 saturated carbocycles. The van der Waals surface area contributed by atoms with Crippen molar-refractivity contribution in [1.82, 2.24) is 4.31 Å². The quantitative estimate of drug-likeness (QED) is 0.744. The molecule has 2 rings (SSSR count). The predicted octanol–water partition coefficient (Wildman–Crippen LogP) is 2.16. The van der Waals surface area contributed by atoms with Gasteiger partial charge in [-0.2, -0.15) is 4.31 Å². The molecule has 0 spiro atoms. The van der Waals surface area contributed by atoms with Crippen molar-refractivity contribution in [3.8, 4) is 0 Å². The second kappa shape index (κ2) is 8.43. The summed E-state index contributed by atoms with van der Waals surface area (Å²) in [7, 11) is -2.37. The Balaban J connectivity index is 0.00000264. The Morgan fingerprint density at radius 3 is 2.70 bits per heavy atom. The number of nitrogens with zero attached hydrogens (tertiary/aromatic N) is 1. The van der Waals surface area contributed by atoms with Crippen LogP contribution in [0.2, 0.25) is 0 Å². The molecule has 1 aromatic rings. The summed E-state index contributed by atoms with van der Waals surface area (Å²) < 4.78 is 32.1. The lowest BCUT2D eigenvalue weighted by Gasteiger charge is -2.34. The van der Waals surface area contributed by atoms with Gasteiger partial charge in [-0.1, -0.05) is 6.42 Å². The first-order valence-corrected chi connectivity index (χ1v) is 9.25. The van der Waals surface area contributed by atoms with E-state index in [-0.39, 0.29) is 23.3 Å². The maximum absolute atomic E-state index is 12.9. The number of nitrogens with two attached hydrogens (primary N) is 1. The summed E-state index contributed by atoms with van der Waals surface area (Å²) in [6.45, 7) is 0.770. The maximum Gasteiger partial charge on any atom is 0.337 e. The number of rotatable bonds is 4. The van der Waals surface area contributed by atoms with Crippen LogP contribution in [0.3, 0.4) is 0 Å². The number of hydrogen-bond acceptors (Lipinski definition) is 5. The molecule has 2 N–H and O–H groups in total. The summed E-state index contributed by atoms with van der Waals surface area (Å²) in [4.78, 5) is 11.6. The maximum atomic E-state index is 12.9. The zero-order chi connectivity index (χ0) is 16.3. The van der Waals surface area contributed by atoms with Gasteiger partial charge in [-0.3, -0.25) is 0 Å². The largest absolute Gasteiger partial charge is 0.465 e. The molecule has 1 aliphatic rings. The Kier molecular flexibility index (Phi) is 7.47. The zero-order valence-corrected chi connectivity index (χ0v) is 15.9. The fraction of sp³-hybridized carbons (Fsp3) is 0.500. The molecule has 130 valence electrons. The number of sulfonamides is 1. The molecule has 1 saturated heterocycles. The van der Waals surface area contributed by atoms with Crippen molar-refractivity contribution >= 4 is 44.3 Å². The summed E-state index contributed by atoms with van der Waals surface area (Å²) >= 11 is 3.24. The first-order valence-electron chi connectivity index (χ1n) is 7.01. The van der Waals surface area contributed by atoms with Crippen LogP contribution in [0.4, 0.5) is 0 Å². The standard InChI is InChI=1S/C14H19BrN2O4S.ClH/c1-21-14(18)10-5-6-13(12(15)8-10)22(19,20)17-7-3-2-4-11(17)9-16;/h5-6,8,11H,2-4,7,9,16H2,1H3;1H. The minimum absolute atomic E-state index is 0. The van der Waals surface area contributed by atoms with Gasteiger partial charge >= 0.3 is 5.97 Å². The van der Waals surface area contributed by atoms with Gasteiger partial charge in [0.15, 0.2) is 0 Å². The van der Waals surface area contributed by atoms with E-state index in [9.17, 15) is 13.2 Å². The molecule has 1 aliphatic heterocycles. The van der Waals surface area contributed by atoms with Gasteiger partial charge in [0.1, 0.15) is 0 Å². The van der Waals surface area contributed by atoms with Gasteiger partial charge in [0.2, 0.25) is 10.0 Å². The highest BCUT2D eigenvalue weighted by Gasteiger charge is 2.34. The highest BCUT2D eigenvalue weighted by Crippen LogP contribution is 2.30. The van der Waals surface area contributed by atoms with Crippen LogP contribution in [0.15, 0.2) is 27.6 Å². The molecule has 0 aliphatic carbocycles. The number of carbonyl (C=O) groups excluding carboxylic acids is 1. The highest BCUT2D eigenvalue weighted by molar-refractivity contribution is 9.10.